The molecule has 0 aromatic heterocycles. The maximum absolute atomic E-state index is 12.9. The monoisotopic (exact) mass is 977 g/mol. The molecule has 1 atom stereocenters. The predicted molar refractivity (Wildman–Crippen MR) is 302 cm³/mol. The number of carbonyl (C=O) groups excluding carboxylic acids is 3. The van der Waals surface area contributed by atoms with Crippen LogP contribution in [0.4, 0.5) is 0 Å². The van der Waals surface area contributed by atoms with E-state index in [0.29, 0.717) is 19.3 Å². The molecule has 404 valence electrons. The first kappa shape index (κ1) is 66.9. The Hall–Kier alpha value is -3.15. The lowest BCUT2D eigenvalue weighted by atomic mass is 10.1. The number of unbranched alkanes of at least 4 members (excludes halogenated alkanes) is 31. The predicted octanol–water partition coefficient (Wildman–Crippen LogP) is 20.2. The summed E-state index contributed by atoms with van der Waals surface area (Å²) in [4.78, 5) is 38.2. The lowest BCUT2D eigenvalue weighted by molar-refractivity contribution is -0.167. The minimum atomic E-state index is -0.786. The van der Waals surface area contributed by atoms with Crippen molar-refractivity contribution in [2.75, 3.05) is 13.2 Å². The maximum atomic E-state index is 12.9. The van der Waals surface area contributed by atoms with Gasteiger partial charge in [0.25, 0.3) is 0 Å². The van der Waals surface area contributed by atoms with E-state index in [9.17, 15) is 14.4 Å². The molecule has 1 unspecified atom stereocenters. The summed E-state index contributed by atoms with van der Waals surface area (Å²) >= 11 is 0. The third-order valence-electron chi connectivity index (χ3n) is 12.9. The number of rotatable bonds is 54. The van der Waals surface area contributed by atoms with Crippen LogP contribution in [-0.2, 0) is 28.6 Å². The van der Waals surface area contributed by atoms with Crippen molar-refractivity contribution in [3.05, 3.63) is 72.9 Å². The zero-order valence-corrected chi connectivity index (χ0v) is 46.3. The fraction of sp³-hybridized carbons (Fsp3) is 0.766. The van der Waals surface area contributed by atoms with Crippen LogP contribution in [-0.4, -0.2) is 37.2 Å². The molecule has 0 fully saturated rings. The minimum Gasteiger partial charge on any atom is -0.462 e. The second-order valence-corrected chi connectivity index (χ2v) is 19.9. The van der Waals surface area contributed by atoms with Crippen LogP contribution >= 0.6 is 0 Å². The number of carbonyl (C=O) groups is 3. The summed E-state index contributed by atoms with van der Waals surface area (Å²) in [7, 11) is 0. The van der Waals surface area contributed by atoms with Crippen LogP contribution in [0, 0.1) is 0 Å². The first-order valence-electron chi connectivity index (χ1n) is 29.9. The summed E-state index contributed by atoms with van der Waals surface area (Å²) in [6.07, 6.45) is 74.6. The molecule has 0 saturated carbocycles. The van der Waals surface area contributed by atoms with Gasteiger partial charge in [0.05, 0.1) is 0 Å². The molecule has 0 aliphatic carbocycles. The van der Waals surface area contributed by atoms with Crippen molar-refractivity contribution in [1.29, 1.82) is 0 Å². The Bertz CT molecular complexity index is 1310. The lowest BCUT2D eigenvalue weighted by Gasteiger charge is -2.18. The third-order valence-corrected chi connectivity index (χ3v) is 12.9. The van der Waals surface area contributed by atoms with Gasteiger partial charge in [0.15, 0.2) is 6.10 Å². The molecule has 6 heteroatoms. The van der Waals surface area contributed by atoms with Gasteiger partial charge in [0.1, 0.15) is 13.2 Å². The van der Waals surface area contributed by atoms with Crippen molar-refractivity contribution >= 4 is 17.9 Å². The van der Waals surface area contributed by atoms with Crippen LogP contribution in [0.1, 0.15) is 297 Å². The second kappa shape index (κ2) is 58.4. The van der Waals surface area contributed by atoms with Crippen LogP contribution in [0.25, 0.3) is 0 Å². The Labute approximate surface area is 433 Å². The van der Waals surface area contributed by atoms with E-state index < -0.39 is 6.10 Å². The van der Waals surface area contributed by atoms with Gasteiger partial charge in [0.2, 0.25) is 0 Å². The molecule has 0 aliphatic heterocycles. The second-order valence-electron chi connectivity index (χ2n) is 19.9. The SMILES string of the molecule is CCCCC/C=C\C/C=C\CCCCCCCCCC(=O)OC(COC(=O)CCCCCCC/C=C\CCCCC)COC(=O)CCCCCCCCCC/C=C\C/C=C\C/C=C\CCCCCCC. The molecule has 6 nitrogen and oxygen atoms in total. The topological polar surface area (TPSA) is 78.9 Å². The van der Waals surface area contributed by atoms with E-state index in [1.807, 2.05) is 0 Å². The van der Waals surface area contributed by atoms with Gasteiger partial charge >= 0.3 is 17.9 Å². The van der Waals surface area contributed by atoms with Crippen molar-refractivity contribution in [1.82, 2.24) is 0 Å². The standard InChI is InChI=1S/C64H112O6/c1-4-7-10-13-16-19-22-25-27-29-30-31-32-33-34-36-37-39-42-45-48-51-54-57-63(66)69-60-61(59-68-62(65)56-53-50-47-44-41-24-21-18-15-12-9-6-3)70-64(67)58-55-52-49-46-43-40-38-35-28-26-23-20-17-14-11-8-5-2/h17-18,20-22,25-26,28-30,32-33,61H,4-16,19,23-24,27,31,34-60H2,1-3H3/b20-17-,21-18-,25-22-,28-26-,30-29-,33-32-. The van der Waals surface area contributed by atoms with Gasteiger partial charge in [-0.25, -0.2) is 0 Å². The first-order valence-corrected chi connectivity index (χ1v) is 29.9. The summed E-state index contributed by atoms with van der Waals surface area (Å²) in [5.41, 5.74) is 0. The molecule has 0 radical (unpaired) electrons. The summed E-state index contributed by atoms with van der Waals surface area (Å²) in [6, 6.07) is 0. The van der Waals surface area contributed by atoms with Crippen molar-refractivity contribution in [3.8, 4) is 0 Å². The molecule has 0 heterocycles. The van der Waals surface area contributed by atoms with Crippen LogP contribution in [0.2, 0.25) is 0 Å². The van der Waals surface area contributed by atoms with E-state index in [2.05, 4.69) is 93.7 Å². The Kier molecular flexibility index (Phi) is 55.8. The average Bonchev–Trinajstić information content (AvgIpc) is 3.36. The van der Waals surface area contributed by atoms with Crippen LogP contribution in [0.5, 0.6) is 0 Å². The van der Waals surface area contributed by atoms with Crippen molar-refractivity contribution < 1.29 is 28.6 Å². The van der Waals surface area contributed by atoms with Crippen molar-refractivity contribution in [3.63, 3.8) is 0 Å². The number of hydrogen-bond acceptors (Lipinski definition) is 6. The highest BCUT2D eigenvalue weighted by molar-refractivity contribution is 5.71. The maximum Gasteiger partial charge on any atom is 0.306 e. The largest absolute Gasteiger partial charge is 0.462 e. The summed E-state index contributed by atoms with van der Waals surface area (Å²) < 4.78 is 16.9. The van der Waals surface area contributed by atoms with E-state index in [1.165, 1.54) is 161 Å². The van der Waals surface area contributed by atoms with Gasteiger partial charge in [-0.15, -0.1) is 0 Å². The highest BCUT2D eigenvalue weighted by atomic mass is 16.6. The molecule has 0 aliphatic rings. The lowest BCUT2D eigenvalue weighted by Crippen LogP contribution is -2.30. The fourth-order valence-electron chi connectivity index (χ4n) is 8.36. The normalized spacial score (nSPS) is 12.6. The fourth-order valence-corrected chi connectivity index (χ4v) is 8.36. The minimum absolute atomic E-state index is 0.0846. The summed E-state index contributed by atoms with van der Waals surface area (Å²) in [6.45, 7) is 6.58. The van der Waals surface area contributed by atoms with Gasteiger partial charge < -0.3 is 14.2 Å². The highest BCUT2D eigenvalue weighted by Crippen LogP contribution is 2.15. The van der Waals surface area contributed by atoms with Crippen LogP contribution < -0.4 is 0 Å². The number of hydrogen-bond donors (Lipinski definition) is 0. The zero-order chi connectivity index (χ0) is 50.7. The average molecular weight is 978 g/mol. The Morgan fingerprint density at radius 2 is 0.514 bits per heavy atom. The number of allylic oxidation sites excluding steroid dienone is 12. The number of esters is 3. The molecule has 0 saturated heterocycles. The Balaban J connectivity index is 4.34. The first-order chi connectivity index (χ1) is 34.5. The summed E-state index contributed by atoms with van der Waals surface area (Å²) in [5.74, 6) is -0.900. The van der Waals surface area contributed by atoms with Gasteiger partial charge in [-0.2, -0.15) is 0 Å². The molecule has 0 spiro atoms. The van der Waals surface area contributed by atoms with Crippen molar-refractivity contribution in [2.24, 2.45) is 0 Å². The van der Waals surface area contributed by atoms with Gasteiger partial charge in [-0.1, -0.05) is 235 Å². The molecule has 0 amide bonds. The van der Waals surface area contributed by atoms with E-state index >= 15 is 0 Å². The van der Waals surface area contributed by atoms with E-state index in [1.54, 1.807) is 0 Å². The van der Waals surface area contributed by atoms with Crippen molar-refractivity contribution in [2.45, 2.75) is 303 Å². The summed E-state index contributed by atoms with van der Waals surface area (Å²) in [5, 5.41) is 0. The molecular formula is C64H112O6. The molecule has 0 aromatic carbocycles. The van der Waals surface area contributed by atoms with Gasteiger partial charge in [-0.3, -0.25) is 14.4 Å². The quantitative estimate of drug-likeness (QED) is 0.0261. The molecule has 0 rings (SSSR count). The zero-order valence-electron chi connectivity index (χ0n) is 46.3. The van der Waals surface area contributed by atoms with Gasteiger partial charge in [-0.05, 0) is 116 Å². The van der Waals surface area contributed by atoms with E-state index in [-0.39, 0.29) is 31.1 Å². The van der Waals surface area contributed by atoms with Crippen LogP contribution in [0.15, 0.2) is 72.9 Å². The molecule has 70 heavy (non-hydrogen) atoms. The molecule has 0 bridgehead atoms. The smallest absolute Gasteiger partial charge is 0.306 e. The molecule has 0 N–H and O–H groups in total. The third kappa shape index (κ3) is 55.8. The van der Waals surface area contributed by atoms with E-state index in [4.69, 9.17) is 14.2 Å². The molecular weight excluding hydrogens is 865 g/mol. The number of ether oxygens (including phenoxy) is 3. The van der Waals surface area contributed by atoms with Crippen LogP contribution in [0.3, 0.4) is 0 Å². The highest BCUT2D eigenvalue weighted by Gasteiger charge is 2.19. The van der Waals surface area contributed by atoms with Gasteiger partial charge in [0, 0.05) is 19.3 Å². The van der Waals surface area contributed by atoms with E-state index in [0.717, 1.165) is 96.3 Å². The Morgan fingerprint density at radius 1 is 0.286 bits per heavy atom. The molecule has 0 aromatic rings. The Morgan fingerprint density at radius 3 is 0.843 bits per heavy atom.